The summed E-state index contributed by atoms with van der Waals surface area (Å²) in [5.74, 6) is 4.99. The SMILES string of the molecule is CCCCCCCCCCCC(OP(=O)(ON)OCC)C(C)O. The third-order valence-electron chi connectivity index (χ3n) is 3.81. The Bertz CT molecular complexity index is 315. The van der Waals surface area contributed by atoms with E-state index < -0.39 is 20.0 Å². The first-order valence-corrected chi connectivity index (χ1v) is 10.4. The molecule has 6 nitrogen and oxygen atoms in total. The number of aliphatic hydroxyl groups excluding tert-OH is 1. The van der Waals surface area contributed by atoms with E-state index in [1.165, 1.54) is 44.9 Å². The van der Waals surface area contributed by atoms with Crippen LogP contribution in [0.25, 0.3) is 0 Å². The first-order chi connectivity index (χ1) is 11.0. The molecule has 0 heterocycles. The Balaban J connectivity index is 3.91. The minimum atomic E-state index is -3.77. The first-order valence-electron chi connectivity index (χ1n) is 8.98. The lowest BCUT2D eigenvalue weighted by Crippen LogP contribution is -2.26. The number of hydrogen-bond donors (Lipinski definition) is 2. The Morgan fingerprint density at radius 1 is 1.00 bits per heavy atom. The second-order valence-electron chi connectivity index (χ2n) is 5.97. The highest BCUT2D eigenvalue weighted by atomic mass is 31.2. The van der Waals surface area contributed by atoms with Crippen LogP contribution >= 0.6 is 7.82 Å². The van der Waals surface area contributed by atoms with Crippen LogP contribution in [0.2, 0.25) is 0 Å². The van der Waals surface area contributed by atoms with Crippen LogP contribution in [-0.2, 0) is 18.2 Å². The molecule has 23 heavy (non-hydrogen) atoms. The third-order valence-corrected chi connectivity index (χ3v) is 5.17. The molecular weight excluding hydrogens is 317 g/mol. The van der Waals surface area contributed by atoms with E-state index in [1.807, 2.05) is 0 Å². The lowest BCUT2D eigenvalue weighted by atomic mass is 10.0. The first kappa shape index (κ1) is 23.0. The fraction of sp³-hybridized carbons (Fsp3) is 1.00. The molecule has 0 radical (unpaired) electrons. The average molecular weight is 353 g/mol. The zero-order valence-corrected chi connectivity index (χ0v) is 15.9. The van der Waals surface area contributed by atoms with Crippen LogP contribution in [0.15, 0.2) is 0 Å². The van der Waals surface area contributed by atoms with E-state index in [0.717, 1.165) is 12.8 Å². The maximum atomic E-state index is 12.1. The monoisotopic (exact) mass is 353 g/mol. The summed E-state index contributed by atoms with van der Waals surface area (Å²) < 4.78 is 26.6. The van der Waals surface area contributed by atoms with Crippen molar-refractivity contribution in [2.45, 2.75) is 97.2 Å². The Hall–Kier alpha value is 0.0300. The maximum absolute atomic E-state index is 12.1. The van der Waals surface area contributed by atoms with Crippen LogP contribution in [0.1, 0.15) is 85.0 Å². The smallest absolute Gasteiger partial charge is 0.391 e. The largest absolute Gasteiger partial charge is 0.491 e. The van der Waals surface area contributed by atoms with Gasteiger partial charge in [-0.15, -0.1) is 0 Å². The standard InChI is InChI=1S/C16H36NO5P/c1-4-6-7-8-9-10-11-12-13-14-16(15(3)18)21-23(19,22-17)20-5-2/h15-16,18H,4-14,17H2,1-3H3. The zero-order valence-electron chi connectivity index (χ0n) is 15.0. The van der Waals surface area contributed by atoms with Gasteiger partial charge in [0, 0.05) is 0 Å². The average Bonchev–Trinajstić information content (AvgIpc) is 2.52. The molecule has 0 saturated carbocycles. The van der Waals surface area contributed by atoms with Gasteiger partial charge in [-0.1, -0.05) is 64.7 Å². The number of nitrogens with two attached hydrogens (primary N) is 1. The Morgan fingerprint density at radius 2 is 1.52 bits per heavy atom. The molecule has 0 aliphatic heterocycles. The van der Waals surface area contributed by atoms with E-state index in [2.05, 4.69) is 11.5 Å². The molecule has 3 atom stereocenters. The number of hydrogen-bond acceptors (Lipinski definition) is 6. The molecule has 7 heteroatoms. The molecule has 140 valence electrons. The summed E-state index contributed by atoms with van der Waals surface area (Å²) in [5, 5.41) is 9.76. The van der Waals surface area contributed by atoms with Crippen molar-refractivity contribution in [2.24, 2.45) is 5.90 Å². The zero-order chi connectivity index (χ0) is 17.6. The Morgan fingerprint density at radius 3 is 1.96 bits per heavy atom. The van der Waals surface area contributed by atoms with Gasteiger partial charge in [0.25, 0.3) is 0 Å². The predicted molar refractivity (Wildman–Crippen MR) is 92.9 cm³/mol. The summed E-state index contributed by atoms with van der Waals surface area (Å²) in [4.78, 5) is 0. The summed E-state index contributed by atoms with van der Waals surface area (Å²) >= 11 is 0. The molecule has 0 fully saturated rings. The van der Waals surface area contributed by atoms with Gasteiger partial charge in [-0.2, -0.15) is 0 Å². The van der Waals surface area contributed by atoms with Gasteiger partial charge in [0.05, 0.1) is 18.8 Å². The molecular formula is C16H36NO5P. The number of rotatable bonds is 16. The fourth-order valence-corrected chi connectivity index (χ4v) is 3.55. The van der Waals surface area contributed by atoms with Crippen molar-refractivity contribution in [1.82, 2.24) is 0 Å². The second-order valence-corrected chi connectivity index (χ2v) is 7.55. The molecule has 0 rings (SSSR count). The van der Waals surface area contributed by atoms with Crippen molar-refractivity contribution in [3.05, 3.63) is 0 Å². The molecule has 0 spiro atoms. The van der Waals surface area contributed by atoms with Gasteiger partial charge in [0.2, 0.25) is 0 Å². The molecule has 0 saturated heterocycles. The normalized spacial score (nSPS) is 16.9. The lowest BCUT2D eigenvalue weighted by molar-refractivity contribution is 0.00538. The van der Waals surface area contributed by atoms with Crippen LogP contribution < -0.4 is 5.90 Å². The molecule has 0 amide bonds. The van der Waals surface area contributed by atoms with Gasteiger partial charge in [-0.25, -0.2) is 15.1 Å². The van der Waals surface area contributed by atoms with E-state index >= 15 is 0 Å². The van der Waals surface area contributed by atoms with Crippen LogP contribution in [0, 0.1) is 0 Å². The Kier molecular flexibility index (Phi) is 14.4. The number of unbranched alkanes of at least 4 members (excludes halogenated alkanes) is 8. The van der Waals surface area contributed by atoms with Crippen LogP contribution in [0.5, 0.6) is 0 Å². The summed E-state index contributed by atoms with van der Waals surface area (Å²) in [5.41, 5.74) is 0. The molecule has 0 aromatic carbocycles. The van der Waals surface area contributed by atoms with Gasteiger partial charge >= 0.3 is 7.82 Å². The molecule has 0 aliphatic rings. The fourth-order valence-electron chi connectivity index (χ4n) is 2.45. The molecule has 0 bridgehead atoms. The van der Waals surface area contributed by atoms with Crippen molar-refractivity contribution < 1.29 is 23.3 Å². The number of phosphoric ester groups is 1. The quantitative estimate of drug-likeness (QED) is 0.237. The summed E-state index contributed by atoms with van der Waals surface area (Å²) in [7, 11) is -3.77. The molecule has 0 aromatic heterocycles. The molecule has 0 aliphatic carbocycles. The van der Waals surface area contributed by atoms with Crippen molar-refractivity contribution in [2.75, 3.05) is 6.61 Å². The molecule has 3 unspecified atom stereocenters. The van der Waals surface area contributed by atoms with Crippen molar-refractivity contribution in [3.63, 3.8) is 0 Å². The van der Waals surface area contributed by atoms with Gasteiger partial charge in [-0.3, -0.25) is 9.05 Å². The third kappa shape index (κ3) is 12.1. The minimum absolute atomic E-state index is 0.166. The van der Waals surface area contributed by atoms with Crippen molar-refractivity contribution in [3.8, 4) is 0 Å². The number of aliphatic hydroxyl groups is 1. The van der Waals surface area contributed by atoms with Gasteiger partial charge in [0.1, 0.15) is 0 Å². The summed E-state index contributed by atoms with van der Waals surface area (Å²) in [6.07, 6.45) is 10.2. The summed E-state index contributed by atoms with van der Waals surface area (Å²) in [6.45, 7) is 5.66. The maximum Gasteiger partial charge on any atom is 0.491 e. The highest BCUT2D eigenvalue weighted by Gasteiger charge is 2.31. The Labute approximate surface area is 141 Å². The number of phosphoric acid groups is 1. The second kappa shape index (κ2) is 14.4. The lowest BCUT2D eigenvalue weighted by Gasteiger charge is -2.24. The van der Waals surface area contributed by atoms with Crippen LogP contribution in [-0.4, -0.2) is 23.9 Å². The summed E-state index contributed by atoms with van der Waals surface area (Å²) in [6, 6.07) is 0. The highest BCUT2D eigenvalue weighted by Crippen LogP contribution is 2.49. The van der Waals surface area contributed by atoms with E-state index in [1.54, 1.807) is 13.8 Å². The predicted octanol–water partition coefficient (Wildman–Crippen LogP) is 4.71. The molecule has 3 N–H and O–H groups in total. The van der Waals surface area contributed by atoms with Gasteiger partial charge < -0.3 is 5.11 Å². The van der Waals surface area contributed by atoms with E-state index in [0.29, 0.717) is 6.42 Å². The molecule has 0 aromatic rings. The van der Waals surface area contributed by atoms with Crippen LogP contribution in [0.4, 0.5) is 0 Å². The van der Waals surface area contributed by atoms with E-state index in [4.69, 9.17) is 14.9 Å². The van der Waals surface area contributed by atoms with Crippen molar-refractivity contribution in [1.29, 1.82) is 0 Å². The van der Waals surface area contributed by atoms with Gasteiger partial charge in [-0.05, 0) is 20.3 Å². The topological polar surface area (TPSA) is 91.0 Å². The highest BCUT2D eigenvalue weighted by molar-refractivity contribution is 7.48. The van der Waals surface area contributed by atoms with E-state index in [9.17, 15) is 9.67 Å². The minimum Gasteiger partial charge on any atom is -0.391 e. The van der Waals surface area contributed by atoms with Crippen LogP contribution in [0.3, 0.4) is 0 Å². The van der Waals surface area contributed by atoms with Gasteiger partial charge in [0.15, 0.2) is 0 Å². The van der Waals surface area contributed by atoms with Crippen molar-refractivity contribution >= 4 is 7.82 Å². The van der Waals surface area contributed by atoms with E-state index in [-0.39, 0.29) is 6.61 Å².